The standard InChI is InChI=1S/C9H20N2/c1-8-3-5-11(6-4-8)9(2)7-10/h8-9H,3-7,10H2,1-2H3/t9-/m1/s1. The molecule has 1 aliphatic rings. The van der Waals surface area contributed by atoms with Gasteiger partial charge in [-0.2, -0.15) is 0 Å². The summed E-state index contributed by atoms with van der Waals surface area (Å²) in [6.45, 7) is 7.86. The van der Waals surface area contributed by atoms with Gasteiger partial charge in [-0.1, -0.05) is 6.92 Å². The lowest BCUT2D eigenvalue weighted by Crippen LogP contribution is -2.43. The van der Waals surface area contributed by atoms with E-state index in [0.717, 1.165) is 12.5 Å². The van der Waals surface area contributed by atoms with Crippen LogP contribution in [-0.4, -0.2) is 30.6 Å². The van der Waals surface area contributed by atoms with Gasteiger partial charge in [-0.15, -0.1) is 0 Å². The maximum Gasteiger partial charge on any atom is 0.0190 e. The Kier molecular flexibility index (Phi) is 3.34. The molecule has 0 unspecified atom stereocenters. The molecule has 66 valence electrons. The summed E-state index contributed by atoms with van der Waals surface area (Å²) >= 11 is 0. The third-order valence-corrected chi connectivity index (χ3v) is 2.78. The van der Waals surface area contributed by atoms with Crippen molar-refractivity contribution >= 4 is 0 Å². The van der Waals surface area contributed by atoms with Gasteiger partial charge in [0, 0.05) is 12.6 Å². The van der Waals surface area contributed by atoms with E-state index in [9.17, 15) is 0 Å². The molecule has 0 saturated carbocycles. The smallest absolute Gasteiger partial charge is 0.0190 e. The van der Waals surface area contributed by atoms with Crippen molar-refractivity contribution in [2.45, 2.75) is 32.7 Å². The summed E-state index contributed by atoms with van der Waals surface area (Å²) in [6.07, 6.45) is 2.70. The summed E-state index contributed by atoms with van der Waals surface area (Å²) in [5.41, 5.74) is 5.60. The largest absolute Gasteiger partial charge is 0.329 e. The zero-order valence-electron chi connectivity index (χ0n) is 7.71. The van der Waals surface area contributed by atoms with Gasteiger partial charge in [-0.05, 0) is 38.8 Å². The van der Waals surface area contributed by atoms with Gasteiger partial charge in [-0.25, -0.2) is 0 Å². The predicted molar refractivity (Wildman–Crippen MR) is 48.5 cm³/mol. The highest BCUT2D eigenvalue weighted by atomic mass is 15.2. The average Bonchev–Trinajstić information content (AvgIpc) is 2.05. The van der Waals surface area contributed by atoms with Gasteiger partial charge in [-0.3, -0.25) is 4.90 Å². The van der Waals surface area contributed by atoms with Gasteiger partial charge < -0.3 is 5.73 Å². The van der Waals surface area contributed by atoms with Crippen molar-refractivity contribution in [3.8, 4) is 0 Å². The van der Waals surface area contributed by atoms with E-state index < -0.39 is 0 Å². The van der Waals surface area contributed by atoms with Gasteiger partial charge in [0.05, 0.1) is 0 Å². The number of nitrogens with zero attached hydrogens (tertiary/aromatic N) is 1. The molecule has 1 heterocycles. The van der Waals surface area contributed by atoms with Crippen molar-refractivity contribution in [1.29, 1.82) is 0 Å². The number of piperidine rings is 1. The monoisotopic (exact) mass is 156 g/mol. The lowest BCUT2D eigenvalue weighted by atomic mass is 9.98. The van der Waals surface area contributed by atoms with Crippen molar-refractivity contribution in [3.05, 3.63) is 0 Å². The molecule has 0 aromatic carbocycles. The molecule has 0 aliphatic carbocycles. The molecule has 2 N–H and O–H groups in total. The second-order valence-corrected chi connectivity index (χ2v) is 3.80. The zero-order valence-corrected chi connectivity index (χ0v) is 7.71. The molecule has 0 bridgehead atoms. The van der Waals surface area contributed by atoms with Gasteiger partial charge >= 0.3 is 0 Å². The van der Waals surface area contributed by atoms with E-state index in [1.807, 2.05) is 0 Å². The number of likely N-dealkylation sites (tertiary alicyclic amines) is 1. The molecule has 0 radical (unpaired) electrons. The normalized spacial score (nSPS) is 25.4. The van der Waals surface area contributed by atoms with Crippen LogP contribution in [0.3, 0.4) is 0 Å². The molecular weight excluding hydrogens is 136 g/mol. The molecule has 1 aliphatic heterocycles. The van der Waals surface area contributed by atoms with E-state index >= 15 is 0 Å². The molecule has 1 atom stereocenters. The summed E-state index contributed by atoms with van der Waals surface area (Å²) in [4.78, 5) is 2.50. The Morgan fingerprint density at radius 3 is 2.45 bits per heavy atom. The Labute approximate surface area is 69.8 Å². The van der Waals surface area contributed by atoms with Crippen LogP contribution in [0.25, 0.3) is 0 Å². The first-order valence-electron chi connectivity index (χ1n) is 4.68. The first kappa shape index (κ1) is 9.01. The van der Waals surface area contributed by atoms with Crippen LogP contribution in [0.1, 0.15) is 26.7 Å². The first-order valence-corrected chi connectivity index (χ1v) is 4.68. The Morgan fingerprint density at radius 2 is 2.00 bits per heavy atom. The number of hydrogen-bond donors (Lipinski definition) is 1. The van der Waals surface area contributed by atoms with Crippen molar-refractivity contribution in [1.82, 2.24) is 4.90 Å². The predicted octanol–water partition coefficient (Wildman–Crippen LogP) is 1.07. The fourth-order valence-electron chi connectivity index (χ4n) is 1.62. The minimum Gasteiger partial charge on any atom is -0.329 e. The minimum absolute atomic E-state index is 0.586. The second-order valence-electron chi connectivity index (χ2n) is 3.80. The molecule has 0 amide bonds. The molecule has 0 spiro atoms. The maximum absolute atomic E-state index is 5.60. The van der Waals surface area contributed by atoms with Crippen LogP contribution < -0.4 is 5.73 Å². The highest BCUT2D eigenvalue weighted by Gasteiger charge is 2.18. The SMILES string of the molecule is CC1CCN([C@H](C)CN)CC1. The van der Waals surface area contributed by atoms with Gasteiger partial charge in [0.15, 0.2) is 0 Å². The van der Waals surface area contributed by atoms with Crippen LogP contribution in [-0.2, 0) is 0 Å². The molecule has 2 nitrogen and oxygen atoms in total. The Morgan fingerprint density at radius 1 is 1.45 bits per heavy atom. The zero-order chi connectivity index (χ0) is 8.27. The number of rotatable bonds is 2. The van der Waals surface area contributed by atoms with Crippen LogP contribution in [0.2, 0.25) is 0 Å². The molecule has 1 fully saturated rings. The van der Waals surface area contributed by atoms with Crippen LogP contribution in [0, 0.1) is 5.92 Å². The third kappa shape index (κ3) is 2.46. The average molecular weight is 156 g/mol. The summed E-state index contributed by atoms with van der Waals surface area (Å²) in [5.74, 6) is 0.927. The second kappa shape index (κ2) is 4.07. The molecule has 1 saturated heterocycles. The number of hydrogen-bond acceptors (Lipinski definition) is 2. The van der Waals surface area contributed by atoms with E-state index in [0.29, 0.717) is 6.04 Å². The van der Waals surface area contributed by atoms with E-state index in [2.05, 4.69) is 18.7 Å². The van der Waals surface area contributed by atoms with Crippen molar-refractivity contribution in [2.75, 3.05) is 19.6 Å². The maximum atomic E-state index is 5.60. The van der Waals surface area contributed by atoms with Crippen molar-refractivity contribution < 1.29 is 0 Å². The molecule has 0 aromatic rings. The lowest BCUT2D eigenvalue weighted by molar-refractivity contribution is 0.150. The van der Waals surface area contributed by atoms with E-state index in [1.54, 1.807) is 0 Å². The van der Waals surface area contributed by atoms with Gasteiger partial charge in [0.25, 0.3) is 0 Å². The first-order chi connectivity index (χ1) is 5.24. The lowest BCUT2D eigenvalue weighted by Gasteiger charge is -2.34. The van der Waals surface area contributed by atoms with Crippen LogP contribution in [0.5, 0.6) is 0 Å². The Hall–Kier alpha value is -0.0800. The molecule has 0 aromatic heterocycles. The van der Waals surface area contributed by atoms with Crippen LogP contribution >= 0.6 is 0 Å². The van der Waals surface area contributed by atoms with Crippen molar-refractivity contribution in [3.63, 3.8) is 0 Å². The van der Waals surface area contributed by atoms with Crippen LogP contribution in [0.15, 0.2) is 0 Å². The molecule has 2 heteroatoms. The van der Waals surface area contributed by atoms with Crippen molar-refractivity contribution in [2.24, 2.45) is 11.7 Å². The highest BCUT2D eigenvalue weighted by Crippen LogP contribution is 2.17. The van der Waals surface area contributed by atoms with Gasteiger partial charge in [0.1, 0.15) is 0 Å². The fourth-order valence-corrected chi connectivity index (χ4v) is 1.62. The van der Waals surface area contributed by atoms with E-state index in [-0.39, 0.29) is 0 Å². The molecular formula is C9H20N2. The highest BCUT2D eigenvalue weighted by molar-refractivity contribution is 4.74. The third-order valence-electron chi connectivity index (χ3n) is 2.78. The molecule has 11 heavy (non-hydrogen) atoms. The van der Waals surface area contributed by atoms with Crippen LogP contribution in [0.4, 0.5) is 0 Å². The quantitative estimate of drug-likeness (QED) is 0.648. The summed E-state index contributed by atoms with van der Waals surface area (Å²) in [5, 5.41) is 0. The summed E-state index contributed by atoms with van der Waals surface area (Å²) < 4.78 is 0. The Bertz CT molecular complexity index is 106. The number of nitrogens with two attached hydrogens (primary N) is 1. The topological polar surface area (TPSA) is 29.3 Å². The van der Waals surface area contributed by atoms with E-state index in [1.165, 1.54) is 25.9 Å². The molecule has 1 rings (SSSR count). The summed E-state index contributed by atoms with van der Waals surface area (Å²) in [6, 6.07) is 0.586. The fraction of sp³-hybridized carbons (Fsp3) is 1.00. The minimum atomic E-state index is 0.586. The van der Waals surface area contributed by atoms with Gasteiger partial charge in [0.2, 0.25) is 0 Å². The Balaban J connectivity index is 2.27. The van der Waals surface area contributed by atoms with E-state index in [4.69, 9.17) is 5.73 Å². The summed E-state index contributed by atoms with van der Waals surface area (Å²) in [7, 11) is 0.